The zero-order valence-electron chi connectivity index (χ0n) is 8.17. The van der Waals surface area contributed by atoms with Gasteiger partial charge in [0.25, 0.3) is 0 Å². The zero-order valence-corrected chi connectivity index (χ0v) is 8.99. The Bertz CT molecular complexity index is 303. The summed E-state index contributed by atoms with van der Waals surface area (Å²) in [6.07, 6.45) is 4.25. The SMILES string of the molecule is COCCCCn1cc(C)[nH]c1=S. The Balaban J connectivity index is 2.36. The quantitative estimate of drug-likeness (QED) is 0.584. The van der Waals surface area contributed by atoms with Gasteiger partial charge in [-0.3, -0.25) is 0 Å². The molecule has 0 spiro atoms. The summed E-state index contributed by atoms with van der Waals surface area (Å²) in [4.78, 5) is 3.09. The van der Waals surface area contributed by atoms with Crippen LogP contribution < -0.4 is 0 Å². The van der Waals surface area contributed by atoms with E-state index in [4.69, 9.17) is 17.0 Å². The summed E-state index contributed by atoms with van der Waals surface area (Å²) < 4.78 is 7.86. The molecule has 0 bridgehead atoms. The smallest absolute Gasteiger partial charge is 0.177 e. The molecule has 1 rings (SSSR count). The van der Waals surface area contributed by atoms with E-state index >= 15 is 0 Å². The molecule has 1 N–H and O–H groups in total. The second kappa shape index (κ2) is 5.19. The number of rotatable bonds is 5. The van der Waals surface area contributed by atoms with Crippen molar-refractivity contribution in [2.75, 3.05) is 13.7 Å². The van der Waals surface area contributed by atoms with Crippen molar-refractivity contribution in [2.24, 2.45) is 0 Å². The second-order valence-electron chi connectivity index (χ2n) is 3.14. The molecule has 1 aromatic heterocycles. The second-order valence-corrected chi connectivity index (χ2v) is 3.52. The first-order valence-electron chi connectivity index (χ1n) is 4.49. The number of H-pyrrole nitrogens is 1. The maximum Gasteiger partial charge on any atom is 0.177 e. The van der Waals surface area contributed by atoms with E-state index in [1.54, 1.807) is 7.11 Å². The largest absolute Gasteiger partial charge is 0.385 e. The Kier molecular flexibility index (Phi) is 4.18. The fourth-order valence-electron chi connectivity index (χ4n) is 1.26. The first kappa shape index (κ1) is 10.5. The van der Waals surface area contributed by atoms with E-state index in [9.17, 15) is 0 Å². The Morgan fingerprint density at radius 1 is 1.54 bits per heavy atom. The van der Waals surface area contributed by atoms with E-state index in [0.29, 0.717) is 0 Å². The minimum absolute atomic E-state index is 0.815. The molecule has 0 atom stereocenters. The summed E-state index contributed by atoms with van der Waals surface area (Å²) in [5.74, 6) is 0. The standard InChI is InChI=1S/C9H16N2OS/c1-8-7-11(9(13)10-8)5-3-4-6-12-2/h7H,3-6H2,1-2H3,(H,10,13). The van der Waals surface area contributed by atoms with E-state index < -0.39 is 0 Å². The molecule has 1 heterocycles. The van der Waals surface area contributed by atoms with Crippen molar-refractivity contribution < 1.29 is 4.74 Å². The molecule has 0 fully saturated rings. The molecule has 0 aliphatic carbocycles. The van der Waals surface area contributed by atoms with Gasteiger partial charge in [-0.1, -0.05) is 0 Å². The van der Waals surface area contributed by atoms with Gasteiger partial charge in [-0.25, -0.2) is 0 Å². The van der Waals surface area contributed by atoms with Gasteiger partial charge in [0.2, 0.25) is 0 Å². The number of imidazole rings is 1. The lowest BCUT2D eigenvalue weighted by Gasteiger charge is -2.01. The van der Waals surface area contributed by atoms with Gasteiger partial charge in [0.1, 0.15) is 0 Å². The topological polar surface area (TPSA) is 29.9 Å². The summed E-state index contributed by atoms with van der Waals surface area (Å²) in [6.45, 7) is 3.82. The molecule has 4 heteroatoms. The van der Waals surface area contributed by atoms with Crippen LogP contribution in [0.3, 0.4) is 0 Å². The highest BCUT2D eigenvalue weighted by molar-refractivity contribution is 7.71. The van der Waals surface area contributed by atoms with Gasteiger partial charge in [-0.15, -0.1) is 0 Å². The molecule has 0 amide bonds. The maximum absolute atomic E-state index is 5.13. The van der Waals surface area contributed by atoms with Crippen LogP contribution >= 0.6 is 12.2 Å². The number of unbranched alkanes of at least 4 members (excludes halogenated alkanes) is 1. The Morgan fingerprint density at radius 3 is 2.85 bits per heavy atom. The number of aromatic nitrogens is 2. The van der Waals surface area contributed by atoms with Crippen molar-refractivity contribution in [3.8, 4) is 0 Å². The summed E-state index contributed by atoms with van der Waals surface area (Å²) in [7, 11) is 1.73. The Hall–Kier alpha value is -0.610. The predicted molar refractivity (Wildman–Crippen MR) is 55.5 cm³/mol. The highest BCUT2D eigenvalue weighted by atomic mass is 32.1. The predicted octanol–water partition coefficient (Wildman–Crippen LogP) is 2.28. The van der Waals surface area contributed by atoms with Crippen molar-refractivity contribution >= 4 is 12.2 Å². The van der Waals surface area contributed by atoms with Gasteiger partial charge in [0.05, 0.1) is 0 Å². The van der Waals surface area contributed by atoms with E-state index in [1.165, 1.54) is 0 Å². The third-order valence-electron chi connectivity index (χ3n) is 1.91. The first-order valence-corrected chi connectivity index (χ1v) is 4.90. The summed E-state index contributed by atoms with van der Waals surface area (Å²) in [5, 5.41) is 0. The number of hydrogen-bond donors (Lipinski definition) is 1. The normalized spacial score (nSPS) is 10.6. The minimum Gasteiger partial charge on any atom is -0.385 e. The van der Waals surface area contributed by atoms with Gasteiger partial charge >= 0.3 is 0 Å². The van der Waals surface area contributed by atoms with Crippen LogP contribution in [-0.4, -0.2) is 23.3 Å². The van der Waals surface area contributed by atoms with E-state index in [0.717, 1.165) is 36.5 Å². The Morgan fingerprint density at radius 2 is 2.31 bits per heavy atom. The Labute approximate surface area is 83.7 Å². The summed E-state index contributed by atoms with van der Waals surface area (Å²) >= 11 is 5.13. The van der Waals surface area contributed by atoms with Gasteiger partial charge in [0.15, 0.2) is 4.77 Å². The number of aryl methyl sites for hydroxylation is 2. The molecule has 3 nitrogen and oxygen atoms in total. The number of methoxy groups -OCH3 is 1. The summed E-state index contributed by atoms with van der Waals surface area (Å²) in [5.41, 5.74) is 1.12. The van der Waals surface area contributed by atoms with Crippen LogP contribution in [0, 0.1) is 11.7 Å². The highest BCUT2D eigenvalue weighted by Gasteiger charge is 1.95. The molecule has 0 unspecified atom stereocenters. The van der Waals surface area contributed by atoms with Gasteiger partial charge in [-0.05, 0) is 32.0 Å². The van der Waals surface area contributed by atoms with Crippen LogP contribution in [0.15, 0.2) is 6.20 Å². The highest BCUT2D eigenvalue weighted by Crippen LogP contribution is 2.00. The van der Waals surface area contributed by atoms with Crippen molar-refractivity contribution in [3.63, 3.8) is 0 Å². The van der Waals surface area contributed by atoms with Crippen molar-refractivity contribution in [1.29, 1.82) is 0 Å². The fourth-order valence-corrected chi connectivity index (χ4v) is 1.56. The third-order valence-corrected chi connectivity index (χ3v) is 2.25. The van der Waals surface area contributed by atoms with Crippen LogP contribution in [0.4, 0.5) is 0 Å². The molecule has 13 heavy (non-hydrogen) atoms. The van der Waals surface area contributed by atoms with Crippen molar-refractivity contribution in [1.82, 2.24) is 9.55 Å². The number of nitrogens with one attached hydrogen (secondary N) is 1. The number of ether oxygens (including phenoxy) is 1. The van der Waals surface area contributed by atoms with Crippen molar-refractivity contribution in [2.45, 2.75) is 26.3 Å². The third kappa shape index (κ3) is 3.32. The molecule has 0 saturated heterocycles. The maximum atomic E-state index is 5.13. The lowest BCUT2D eigenvalue weighted by molar-refractivity contribution is 0.191. The molecule has 0 aliphatic heterocycles. The van der Waals surface area contributed by atoms with Crippen LogP contribution in [0.1, 0.15) is 18.5 Å². The molecule has 0 radical (unpaired) electrons. The summed E-state index contributed by atoms with van der Waals surface area (Å²) in [6, 6.07) is 0. The number of nitrogens with zero attached hydrogens (tertiary/aromatic N) is 1. The molecular formula is C9H16N2OS. The van der Waals surface area contributed by atoms with Crippen LogP contribution in [0.25, 0.3) is 0 Å². The average Bonchev–Trinajstić information content (AvgIpc) is 2.39. The van der Waals surface area contributed by atoms with E-state index in [2.05, 4.69) is 15.7 Å². The number of aromatic amines is 1. The van der Waals surface area contributed by atoms with E-state index in [-0.39, 0.29) is 0 Å². The van der Waals surface area contributed by atoms with Crippen molar-refractivity contribution in [3.05, 3.63) is 16.7 Å². The zero-order chi connectivity index (χ0) is 9.68. The van der Waals surface area contributed by atoms with Gasteiger partial charge in [0, 0.05) is 32.2 Å². The fraction of sp³-hybridized carbons (Fsp3) is 0.667. The lowest BCUT2D eigenvalue weighted by Crippen LogP contribution is -1.98. The van der Waals surface area contributed by atoms with Crippen LogP contribution in [0.5, 0.6) is 0 Å². The molecule has 0 aromatic carbocycles. The molecule has 0 aliphatic rings. The molecule has 1 aromatic rings. The average molecular weight is 200 g/mol. The molecule has 0 saturated carbocycles. The molecule has 74 valence electrons. The van der Waals surface area contributed by atoms with Gasteiger partial charge in [-0.2, -0.15) is 0 Å². The minimum atomic E-state index is 0.815. The first-order chi connectivity index (χ1) is 6.24. The lowest BCUT2D eigenvalue weighted by atomic mass is 10.3. The van der Waals surface area contributed by atoms with E-state index in [1.807, 2.05) is 6.92 Å². The number of hydrogen-bond acceptors (Lipinski definition) is 2. The monoisotopic (exact) mass is 200 g/mol. The van der Waals surface area contributed by atoms with Gasteiger partial charge < -0.3 is 14.3 Å². The van der Waals surface area contributed by atoms with Crippen LogP contribution in [0.2, 0.25) is 0 Å². The van der Waals surface area contributed by atoms with Crippen LogP contribution in [-0.2, 0) is 11.3 Å². The molecular weight excluding hydrogens is 184 g/mol.